The second-order valence-electron chi connectivity index (χ2n) is 9.87. The van der Waals surface area contributed by atoms with Gasteiger partial charge in [0.1, 0.15) is 17.7 Å². The number of benzene rings is 3. The summed E-state index contributed by atoms with van der Waals surface area (Å²) in [5.74, 6) is 0.729. The van der Waals surface area contributed by atoms with Gasteiger partial charge >= 0.3 is 0 Å². The topological polar surface area (TPSA) is 36.0 Å². The first-order chi connectivity index (χ1) is 18.0. The molecule has 2 saturated heterocycles. The van der Waals surface area contributed by atoms with Crippen LogP contribution in [-0.4, -0.2) is 61.5 Å². The summed E-state index contributed by atoms with van der Waals surface area (Å²) in [7, 11) is 0. The quantitative estimate of drug-likeness (QED) is 0.402. The van der Waals surface area contributed by atoms with Gasteiger partial charge in [-0.1, -0.05) is 54.1 Å². The summed E-state index contributed by atoms with van der Waals surface area (Å²) in [6.45, 7) is 5.20. The largest absolute Gasteiger partial charge is 0.485 e. The average molecular weight is 522 g/mol. The number of piperidine rings is 1. The number of anilines is 1. The van der Waals surface area contributed by atoms with Gasteiger partial charge in [0, 0.05) is 48.9 Å². The molecule has 194 valence electrons. The summed E-state index contributed by atoms with van der Waals surface area (Å²) in [5.41, 5.74) is 2.20. The van der Waals surface area contributed by atoms with Crippen molar-refractivity contribution < 1.29 is 13.9 Å². The maximum Gasteiger partial charge on any atom is 0.236 e. The molecule has 1 atom stereocenters. The molecule has 7 heteroatoms. The Morgan fingerprint density at radius 1 is 0.892 bits per heavy atom. The van der Waals surface area contributed by atoms with Crippen molar-refractivity contribution in [2.75, 3.05) is 50.7 Å². The van der Waals surface area contributed by atoms with Gasteiger partial charge in [0.25, 0.3) is 0 Å². The Morgan fingerprint density at radius 2 is 1.62 bits per heavy atom. The van der Waals surface area contributed by atoms with Gasteiger partial charge in [-0.05, 0) is 61.8 Å². The SMILES string of the molecule is O=C(CN1CCC(C(Oc2cccc(F)c2)c2ccccc2)CC1)N1CCN(c2cccc(Cl)c2)CC1. The van der Waals surface area contributed by atoms with Crippen LogP contribution in [0.1, 0.15) is 24.5 Å². The van der Waals surface area contributed by atoms with Crippen molar-refractivity contribution in [1.29, 1.82) is 0 Å². The van der Waals surface area contributed by atoms with E-state index in [2.05, 4.69) is 28.0 Å². The Balaban J connectivity index is 1.14. The molecule has 0 radical (unpaired) electrons. The molecule has 2 heterocycles. The molecule has 2 aliphatic rings. The third kappa shape index (κ3) is 6.62. The summed E-state index contributed by atoms with van der Waals surface area (Å²) in [6, 6.07) is 24.4. The molecule has 0 bridgehead atoms. The summed E-state index contributed by atoms with van der Waals surface area (Å²) >= 11 is 6.14. The van der Waals surface area contributed by atoms with Crippen molar-refractivity contribution in [3.63, 3.8) is 0 Å². The van der Waals surface area contributed by atoms with Gasteiger partial charge in [-0.25, -0.2) is 4.39 Å². The van der Waals surface area contributed by atoms with Crippen molar-refractivity contribution in [3.05, 3.63) is 95.3 Å². The van der Waals surface area contributed by atoms with Crippen molar-refractivity contribution in [1.82, 2.24) is 9.80 Å². The summed E-state index contributed by atoms with van der Waals surface area (Å²) < 4.78 is 20.1. The number of piperazine rings is 1. The van der Waals surface area contributed by atoms with Crippen LogP contribution in [0, 0.1) is 11.7 Å². The molecule has 1 amide bonds. The highest BCUT2D eigenvalue weighted by Gasteiger charge is 2.31. The lowest BCUT2D eigenvalue weighted by molar-refractivity contribution is -0.133. The zero-order valence-electron chi connectivity index (χ0n) is 20.9. The van der Waals surface area contributed by atoms with Crippen molar-refractivity contribution in [3.8, 4) is 5.75 Å². The minimum Gasteiger partial charge on any atom is -0.485 e. The summed E-state index contributed by atoms with van der Waals surface area (Å²) in [5, 5.41) is 0.732. The van der Waals surface area contributed by atoms with E-state index in [9.17, 15) is 9.18 Å². The van der Waals surface area contributed by atoms with Crippen LogP contribution in [0.25, 0.3) is 0 Å². The number of carbonyl (C=O) groups excluding carboxylic acids is 1. The van der Waals surface area contributed by atoms with E-state index in [1.807, 2.05) is 41.3 Å². The molecule has 0 aromatic heterocycles. The molecule has 0 aliphatic carbocycles. The highest BCUT2D eigenvalue weighted by atomic mass is 35.5. The highest BCUT2D eigenvalue weighted by Crippen LogP contribution is 2.35. The van der Waals surface area contributed by atoms with E-state index in [1.54, 1.807) is 12.1 Å². The van der Waals surface area contributed by atoms with Crippen LogP contribution < -0.4 is 9.64 Å². The molecule has 0 saturated carbocycles. The van der Waals surface area contributed by atoms with Gasteiger partial charge < -0.3 is 14.5 Å². The van der Waals surface area contributed by atoms with E-state index in [0.29, 0.717) is 18.2 Å². The Labute approximate surface area is 223 Å². The monoisotopic (exact) mass is 521 g/mol. The van der Waals surface area contributed by atoms with E-state index in [1.165, 1.54) is 12.1 Å². The van der Waals surface area contributed by atoms with Gasteiger partial charge in [0.2, 0.25) is 5.91 Å². The minimum absolute atomic E-state index is 0.152. The second kappa shape index (κ2) is 12.0. The van der Waals surface area contributed by atoms with E-state index in [-0.39, 0.29) is 17.8 Å². The molecule has 0 spiro atoms. The smallest absolute Gasteiger partial charge is 0.236 e. The van der Waals surface area contributed by atoms with Gasteiger partial charge in [0.05, 0.1) is 6.54 Å². The molecule has 5 nitrogen and oxygen atoms in total. The maximum absolute atomic E-state index is 13.8. The van der Waals surface area contributed by atoms with Crippen molar-refractivity contribution >= 4 is 23.2 Å². The number of nitrogens with zero attached hydrogens (tertiary/aromatic N) is 3. The molecule has 2 fully saturated rings. The first-order valence-electron chi connectivity index (χ1n) is 13.0. The van der Waals surface area contributed by atoms with E-state index >= 15 is 0 Å². The third-order valence-corrected chi connectivity index (χ3v) is 7.65. The van der Waals surface area contributed by atoms with Crippen LogP contribution in [0.5, 0.6) is 5.75 Å². The van der Waals surface area contributed by atoms with E-state index in [0.717, 1.165) is 68.4 Å². The number of hydrogen-bond acceptors (Lipinski definition) is 4. The normalized spacial score (nSPS) is 18.0. The summed E-state index contributed by atoms with van der Waals surface area (Å²) in [6.07, 6.45) is 1.69. The van der Waals surface area contributed by atoms with Crippen LogP contribution >= 0.6 is 11.6 Å². The number of ether oxygens (including phenoxy) is 1. The lowest BCUT2D eigenvalue weighted by Gasteiger charge is -2.39. The number of carbonyl (C=O) groups is 1. The molecule has 3 aromatic rings. The molecular formula is C30H33ClFN3O2. The fourth-order valence-corrected chi connectivity index (χ4v) is 5.54. The predicted octanol–water partition coefficient (Wildman–Crippen LogP) is 5.66. The van der Waals surface area contributed by atoms with Gasteiger partial charge in [0.15, 0.2) is 0 Å². The first-order valence-corrected chi connectivity index (χ1v) is 13.4. The van der Waals surface area contributed by atoms with Gasteiger partial charge in [-0.15, -0.1) is 0 Å². The number of amides is 1. The van der Waals surface area contributed by atoms with E-state index in [4.69, 9.17) is 16.3 Å². The van der Waals surface area contributed by atoms with Crippen LogP contribution in [0.3, 0.4) is 0 Å². The fraction of sp³-hybridized carbons (Fsp3) is 0.367. The van der Waals surface area contributed by atoms with Crippen molar-refractivity contribution in [2.45, 2.75) is 18.9 Å². The Kier molecular flexibility index (Phi) is 8.27. The zero-order chi connectivity index (χ0) is 25.6. The molecular weight excluding hydrogens is 489 g/mol. The standard InChI is InChI=1S/C30H33ClFN3O2/c31-25-8-4-10-27(20-25)34-16-18-35(19-17-34)29(36)22-33-14-12-24(13-15-33)30(23-6-2-1-3-7-23)37-28-11-5-9-26(32)21-28/h1-11,20-21,24,30H,12-19,22H2. The molecule has 37 heavy (non-hydrogen) atoms. The lowest BCUT2D eigenvalue weighted by atomic mass is 9.87. The first kappa shape index (κ1) is 25.6. The lowest BCUT2D eigenvalue weighted by Crippen LogP contribution is -2.52. The average Bonchev–Trinajstić information content (AvgIpc) is 2.93. The zero-order valence-corrected chi connectivity index (χ0v) is 21.7. The van der Waals surface area contributed by atoms with Gasteiger partial charge in [-0.2, -0.15) is 0 Å². The number of likely N-dealkylation sites (tertiary alicyclic amines) is 1. The number of hydrogen-bond donors (Lipinski definition) is 0. The molecule has 0 N–H and O–H groups in total. The molecule has 1 unspecified atom stereocenters. The molecule has 2 aliphatic heterocycles. The maximum atomic E-state index is 13.8. The van der Waals surface area contributed by atoms with Crippen LogP contribution in [0.4, 0.5) is 10.1 Å². The van der Waals surface area contributed by atoms with Crippen LogP contribution in [0.2, 0.25) is 5.02 Å². The Bertz CT molecular complexity index is 1180. The second-order valence-corrected chi connectivity index (χ2v) is 10.3. The van der Waals surface area contributed by atoms with Gasteiger partial charge in [-0.3, -0.25) is 9.69 Å². The summed E-state index contributed by atoms with van der Waals surface area (Å²) in [4.78, 5) is 19.6. The van der Waals surface area contributed by atoms with E-state index < -0.39 is 0 Å². The number of rotatable bonds is 7. The van der Waals surface area contributed by atoms with Crippen molar-refractivity contribution in [2.24, 2.45) is 5.92 Å². The Hall–Kier alpha value is -3.09. The highest BCUT2D eigenvalue weighted by molar-refractivity contribution is 6.30. The van der Waals surface area contributed by atoms with Crippen LogP contribution in [-0.2, 0) is 4.79 Å². The third-order valence-electron chi connectivity index (χ3n) is 7.41. The fourth-order valence-electron chi connectivity index (χ4n) is 5.36. The predicted molar refractivity (Wildman–Crippen MR) is 146 cm³/mol. The number of halogens is 2. The minimum atomic E-state index is -0.300. The molecule has 5 rings (SSSR count). The van der Waals surface area contributed by atoms with Crippen LogP contribution in [0.15, 0.2) is 78.9 Å². The molecule has 3 aromatic carbocycles. The Morgan fingerprint density at radius 3 is 2.32 bits per heavy atom.